The Balaban J connectivity index is 1.26. The second kappa shape index (κ2) is 13.9. The number of para-hydroxylation sites is 1. The standard InChI is InChI=1S/C62H57BN2O/c1-34-25-36(3)56(37(4)26-34)40-17-21-44-45-22-18-41(57-38(5)27-35(2)28-39(57)6)30-51(45)64(50(44)29-40)53-33-55-59-60-58(53)46-15-13-14-16-49(46)65(60)52-31-42(61(7,8)9)19-23-47(52)63(59)48-24-20-43(62(10,11)12)32-54(48)66-55/h13-33H,1-12H3. The van der Waals surface area contributed by atoms with Gasteiger partial charge in [-0.15, -0.1) is 0 Å². The predicted molar refractivity (Wildman–Crippen MR) is 283 cm³/mol. The van der Waals surface area contributed by atoms with E-state index in [4.69, 9.17) is 4.74 Å². The van der Waals surface area contributed by atoms with Crippen LogP contribution >= 0.6 is 0 Å². The van der Waals surface area contributed by atoms with Crippen molar-refractivity contribution < 1.29 is 4.74 Å². The maximum Gasteiger partial charge on any atom is 0.256 e. The summed E-state index contributed by atoms with van der Waals surface area (Å²) < 4.78 is 12.5. The van der Waals surface area contributed by atoms with Crippen LogP contribution in [0.2, 0.25) is 0 Å². The van der Waals surface area contributed by atoms with Gasteiger partial charge in [0.15, 0.2) is 0 Å². The Hall–Kier alpha value is -6.78. The minimum atomic E-state index is -0.0347. The van der Waals surface area contributed by atoms with E-state index in [0.29, 0.717) is 0 Å². The number of benzene rings is 8. The molecule has 324 valence electrons. The monoisotopic (exact) mass is 856 g/mol. The molecule has 2 aliphatic rings. The maximum absolute atomic E-state index is 7.38. The minimum absolute atomic E-state index is 0.00600. The van der Waals surface area contributed by atoms with Crippen LogP contribution in [0.15, 0.2) is 127 Å². The van der Waals surface area contributed by atoms with E-state index in [9.17, 15) is 0 Å². The molecule has 0 N–H and O–H groups in total. The van der Waals surface area contributed by atoms with E-state index in [1.54, 1.807) is 0 Å². The summed E-state index contributed by atoms with van der Waals surface area (Å²) in [5, 5.41) is 4.96. The number of hydrogen-bond donors (Lipinski definition) is 0. The normalized spacial score (nSPS) is 13.2. The second-order valence-corrected chi connectivity index (χ2v) is 21.8. The summed E-state index contributed by atoms with van der Waals surface area (Å²) in [5.74, 6) is 1.87. The SMILES string of the molecule is Cc1cc(C)c(-c2ccc3c4ccc(-c5c(C)cc(C)cc5C)cc4n(-c4cc5c6c7c4c4ccccc4n7-c4cc(C(C)(C)C)ccc4B6c4ccc(C(C)(C)C)cc4O5)c3c2)c(C)c1. The Labute approximate surface area is 389 Å². The van der Waals surface area contributed by atoms with Crippen molar-refractivity contribution in [3.8, 4) is 45.1 Å². The van der Waals surface area contributed by atoms with E-state index in [-0.39, 0.29) is 17.5 Å². The van der Waals surface area contributed by atoms with E-state index in [1.807, 2.05) is 0 Å². The van der Waals surface area contributed by atoms with Crippen molar-refractivity contribution >= 4 is 66.7 Å². The molecule has 0 amide bonds. The summed E-state index contributed by atoms with van der Waals surface area (Å²) in [4.78, 5) is 0. The van der Waals surface area contributed by atoms with Gasteiger partial charge >= 0.3 is 0 Å². The first-order chi connectivity index (χ1) is 31.5. The summed E-state index contributed by atoms with van der Waals surface area (Å²) >= 11 is 0. The van der Waals surface area contributed by atoms with Crippen LogP contribution < -0.4 is 21.1 Å². The lowest BCUT2D eigenvalue weighted by molar-refractivity contribution is 0.483. The van der Waals surface area contributed by atoms with Gasteiger partial charge in [-0.1, -0.05) is 144 Å². The highest BCUT2D eigenvalue weighted by Gasteiger charge is 2.42. The zero-order valence-electron chi connectivity index (χ0n) is 40.5. The zero-order chi connectivity index (χ0) is 45.9. The molecule has 0 bridgehead atoms. The van der Waals surface area contributed by atoms with Gasteiger partial charge in [0.25, 0.3) is 6.71 Å². The lowest BCUT2D eigenvalue weighted by Crippen LogP contribution is -2.58. The summed E-state index contributed by atoms with van der Waals surface area (Å²) in [6.45, 7) is 27.3. The fourth-order valence-electron chi connectivity index (χ4n) is 12.2. The number of hydrogen-bond acceptors (Lipinski definition) is 1. The van der Waals surface area contributed by atoms with Crippen LogP contribution in [0.1, 0.15) is 86.1 Å². The second-order valence-electron chi connectivity index (χ2n) is 21.8. The quantitative estimate of drug-likeness (QED) is 0.162. The van der Waals surface area contributed by atoms with Gasteiger partial charge in [-0.3, -0.25) is 0 Å². The molecule has 2 aliphatic heterocycles. The number of rotatable bonds is 3. The fraction of sp³-hybridized carbons (Fsp3) is 0.226. The summed E-state index contributed by atoms with van der Waals surface area (Å²) in [5.41, 5.74) is 26.3. The van der Waals surface area contributed by atoms with Gasteiger partial charge in [0, 0.05) is 33.3 Å². The first-order valence-corrected chi connectivity index (χ1v) is 23.8. The Morgan fingerprint density at radius 1 is 0.439 bits per heavy atom. The average molecular weight is 857 g/mol. The van der Waals surface area contributed by atoms with E-state index >= 15 is 0 Å². The molecule has 0 saturated carbocycles. The third kappa shape index (κ3) is 5.83. The van der Waals surface area contributed by atoms with Crippen LogP contribution in [-0.2, 0) is 10.8 Å². The maximum atomic E-state index is 7.38. The van der Waals surface area contributed by atoms with E-state index in [2.05, 4.69) is 220 Å². The van der Waals surface area contributed by atoms with E-state index < -0.39 is 0 Å². The van der Waals surface area contributed by atoms with Gasteiger partial charge < -0.3 is 13.9 Å². The van der Waals surface area contributed by atoms with Gasteiger partial charge in [0.05, 0.1) is 27.8 Å². The van der Waals surface area contributed by atoms with Crippen molar-refractivity contribution in [2.24, 2.45) is 0 Å². The molecule has 8 aromatic carbocycles. The van der Waals surface area contributed by atoms with Gasteiger partial charge in [0.2, 0.25) is 0 Å². The Morgan fingerprint density at radius 3 is 1.53 bits per heavy atom. The molecule has 0 atom stereocenters. The molecular weight excluding hydrogens is 800 g/mol. The molecule has 66 heavy (non-hydrogen) atoms. The summed E-state index contributed by atoms with van der Waals surface area (Å²) in [6.07, 6.45) is 0. The average Bonchev–Trinajstić information content (AvgIpc) is 3.77. The number of aromatic nitrogens is 2. The van der Waals surface area contributed by atoms with Crippen LogP contribution in [-0.4, -0.2) is 15.8 Å². The summed E-state index contributed by atoms with van der Waals surface area (Å²) in [6, 6.07) is 49.3. The predicted octanol–water partition coefficient (Wildman–Crippen LogP) is 14.6. The number of ether oxygens (including phenoxy) is 1. The molecule has 0 unspecified atom stereocenters. The van der Waals surface area contributed by atoms with Crippen molar-refractivity contribution in [2.75, 3.05) is 0 Å². The van der Waals surface area contributed by atoms with Crippen LogP contribution in [0, 0.1) is 41.5 Å². The number of fused-ring (bicyclic) bond motifs is 11. The molecular formula is C62H57BN2O. The third-order valence-electron chi connectivity index (χ3n) is 15.0. The third-order valence-corrected chi connectivity index (χ3v) is 15.0. The van der Waals surface area contributed by atoms with E-state index in [0.717, 1.165) is 17.2 Å². The van der Waals surface area contributed by atoms with Crippen molar-refractivity contribution in [3.63, 3.8) is 0 Å². The summed E-state index contributed by atoms with van der Waals surface area (Å²) in [7, 11) is 0. The largest absolute Gasteiger partial charge is 0.458 e. The highest BCUT2D eigenvalue weighted by Crippen LogP contribution is 2.46. The van der Waals surface area contributed by atoms with Crippen LogP contribution in [0.3, 0.4) is 0 Å². The van der Waals surface area contributed by atoms with Crippen LogP contribution in [0.5, 0.6) is 11.5 Å². The Bertz CT molecular complexity index is 3610. The Kier molecular flexibility index (Phi) is 8.56. The molecule has 2 aromatic heterocycles. The number of nitrogens with zero attached hydrogens (tertiary/aromatic N) is 2. The first kappa shape index (κ1) is 40.7. The molecule has 0 aliphatic carbocycles. The smallest absolute Gasteiger partial charge is 0.256 e. The molecule has 3 nitrogen and oxygen atoms in total. The molecule has 0 spiro atoms. The highest BCUT2D eigenvalue weighted by atomic mass is 16.5. The van der Waals surface area contributed by atoms with Crippen molar-refractivity contribution in [1.82, 2.24) is 9.13 Å². The lowest BCUT2D eigenvalue weighted by Gasteiger charge is -2.35. The fourth-order valence-corrected chi connectivity index (χ4v) is 12.2. The van der Waals surface area contributed by atoms with Crippen LogP contribution in [0.4, 0.5) is 0 Å². The van der Waals surface area contributed by atoms with Gasteiger partial charge in [0.1, 0.15) is 11.5 Å². The molecule has 10 aromatic rings. The molecule has 4 heteroatoms. The first-order valence-electron chi connectivity index (χ1n) is 23.8. The molecule has 4 heterocycles. The van der Waals surface area contributed by atoms with Crippen LogP contribution in [0.25, 0.3) is 77.2 Å². The van der Waals surface area contributed by atoms with Crippen molar-refractivity contribution in [2.45, 2.75) is 93.9 Å². The van der Waals surface area contributed by atoms with Crippen molar-refractivity contribution in [1.29, 1.82) is 0 Å². The molecule has 0 radical (unpaired) electrons. The molecule has 0 saturated heterocycles. The number of aryl methyl sites for hydroxylation is 6. The topological polar surface area (TPSA) is 19.1 Å². The highest BCUT2D eigenvalue weighted by molar-refractivity contribution is 6.99. The van der Waals surface area contributed by atoms with Gasteiger partial charge in [-0.25, -0.2) is 0 Å². The molecule has 0 fully saturated rings. The van der Waals surface area contributed by atoms with E-state index in [1.165, 1.54) is 132 Å². The van der Waals surface area contributed by atoms with Gasteiger partial charge in [-0.05, 0) is 155 Å². The Morgan fingerprint density at radius 2 is 0.970 bits per heavy atom. The minimum Gasteiger partial charge on any atom is -0.458 e. The molecule has 12 rings (SSSR count). The van der Waals surface area contributed by atoms with Gasteiger partial charge in [-0.2, -0.15) is 0 Å². The van der Waals surface area contributed by atoms with Crippen molar-refractivity contribution in [3.05, 3.63) is 172 Å². The lowest BCUT2D eigenvalue weighted by atomic mass is 9.34. The zero-order valence-corrected chi connectivity index (χ0v) is 40.5.